The van der Waals surface area contributed by atoms with Crippen molar-refractivity contribution in [3.63, 3.8) is 0 Å². The third-order valence-electron chi connectivity index (χ3n) is 8.70. The second-order valence-corrected chi connectivity index (χ2v) is 11.3. The summed E-state index contributed by atoms with van der Waals surface area (Å²) in [5.41, 5.74) is 3.22. The molecule has 1 aliphatic carbocycles. The van der Waals surface area contributed by atoms with Crippen LogP contribution in [-0.2, 0) is 23.4 Å². The lowest BCUT2D eigenvalue weighted by Gasteiger charge is -2.47. The maximum atomic E-state index is 14.7. The van der Waals surface area contributed by atoms with Gasteiger partial charge in [-0.3, -0.25) is 9.59 Å². The lowest BCUT2D eigenvalue weighted by molar-refractivity contribution is -0.136. The quantitative estimate of drug-likeness (QED) is 0.293. The molecule has 0 bridgehead atoms. The highest BCUT2D eigenvalue weighted by atomic mass is 16.5. The summed E-state index contributed by atoms with van der Waals surface area (Å²) in [6, 6.07) is 26.0. The Kier molecular flexibility index (Phi) is 7.09. The number of amides is 2. The third kappa shape index (κ3) is 4.66. The molecular formula is C34H37N3O3. The van der Waals surface area contributed by atoms with Crippen LogP contribution in [0.4, 0.5) is 0 Å². The number of nitrogens with zero attached hydrogens (tertiary/aromatic N) is 2. The zero-order valence-corrected chi connectivity index (χ0v) is 23.4. The summed E-state index contributed by atoms with van der Waals surface area (Å²) in [6.45, 7) is 2.70. The van der Waals surface area contributed by atoms with Gasteiger partial charge in [-0.2, -0.15) is 0 Å². The van der Waals surface area contributed by atoms with E-state index in [9.17, 15) is 9.59 Å². The first-order chi connectivity index (χ1) is 19.5. The minimum absolute atomic E-state index is 0.106. The molecular weight excluding hydrogens is 498 g/mol. The van der Waals surface area contributed by atoms with Crippen molar-refractivity contribution in [2.75, 3.05) is 7.11 Å². The number of aromatic nitrogens is 1. The molecule has 2 heterocycles. The SMILES string of the molecule is COc1ccc2cc3n(c2c1)C[C@](C(=O)NC1CCCCCC1)(c1ccccc1)N(Cc1ccc(C)cc1)C3=O. The van der Waals surface area contributed by atoms with Gasteiger partial charge in [0, 0.05) is 24.0 Å². The topological polar surface area (TPSA) is 63.6 Å². The number of nitrogens with one attached hydrogen (secondary N) is 1. The van der Waals surface area contributed by atoms with E-state index in [1.165, 1.54) is 12.8 Å². The molecule has 206 valence electrons. The van der Waals surface area contributed by atoms with Gasteiger partial charge < -0.3 is 19.5 Å². The minimum atomic E-state index is -1.22. The summed E-state index contributed by atoms with van der Waals surface area (Å²) < 4.78 is 7.55. The van der Waals surface area contributed by atoms with Crippen molar-refractivity contribution in [2.45, 2.75) is 70.1 Å². The smallest absolute Gasteiger partial charge is 0.272 e. The molecule has 2 amide bonds. The van der Waals surface area contributed by atoms with E-state index in [4.69, 9.17) is 4.74 Å². The van der Waals surface area contributed by atoms with E-state index < -0.39 is 5.54 Å². The normalized spacial score (nSPS) is 19.8. The van der Waals surface area contributed by atoms with E-state index in [1.807, 2.05) is 64.1 Å². The molecule has 6 heteroatoms. The van der Waals surface area contributed by atoms with Crippen LogP contribution in [0.2, 0.25) is 0 Å². The fourth-order valence-corrected chi connectivity index (χ4v) is 6.43. The summed E-state index contributed by atoms with van der Waals surface area (Å²) >= 11 is 0. The van der Waals surface area contributed by atoms with Crippen LogP contribution in [-0.4, -0.2) is 34.4 Å². The lowest BCUT2D eigenvalue weighted by Crippen LogP contribution is -2.63. The van der Waals surface area contributed by atoms with Gasteiger partial charge in [-0.1, -0.05) is 85.8 Å². The number of fused-ring (bicyclic) bond motifs is 3. The second-order valence-electron chi connectivity index (χ2n) is 11.3. The Morgan fingerprint density at radius 1 is 0.950 bits per heavy atom. The first kappa shape index (κ1) is 26.2. The van der Waals surface area contributed by atoms with Crippen LogP contribution in [0.1, 0.15) is 65.7 Å². The van der Waals surface area contributed by atoms with Crippen LogP contribution >= 0.6 is 0 Å². The molecule has 1 N–H and O–H groups in total. The van der Waals surface area contributed by atoms with Crippen LogP contribution in [0, 0.1) is 6.92 Å². The van der Waals surface area contributed by atoms with Crippen LogP contribution in [0.5, 0.6) is 5.75 Å². The van der Waals surface area contributed by atoms with Crippen LogP contribution in [0.25, 0.3) is 10.9 Å². The largest absolute Gasteiger partial charge is 0.497 e. The molecule has 3 aromatic carbocycles. The Morgan fingerprint density at radius 2 is 1.68 bits per heavy atom. The van der Waals surface area contributed by atoms with Gasteiger partial charge in [-0.05, 0) is 49.1 Å². The highest BCUT2D eigenvalue weighted by Gasteiger charge is 2.52. The molecule has 4 aromatic rings. The number of methoxy groups -OCH3 is 1. The Labute approximate surface area is 235 Å². The number of hydrogen-bond acceptors (Lipinski definition) is 3. The molecule has 1 fully saturated rings. The first-order valence-corrected chi connectivity index (χ1v) is 14.4. The third-order valence-corrected chi connectivity index (χ3v) is 8.70. The molecule has 1 aromatic heterocycles. The lowest BCUT2D eigenvalue weighted by atomic mass is 9.83. The van der Waals surface area contributed by atoms with E-state index >= 15 is 0 Å². The van der Waals surface area contributed by atoms with Crippen molar-refractivity contribution in [3.05, 3.63) is 101 Å². The summed E-state index contributed by atoms with van der Waals surface area (Å²) in [7, 11) is 1.64. The minimum Gasteiger partial charge on any atom is -0.497 e. The van der Waals surface area contributed by atoms with Crippen molar-refractivity contribution in [1.82, 2.24) is 14.8 Å². The summed E-state index contributed by atoms with van der Waals surface area (Å²) in [6.07, 6.45) is 6.57. The zero-order valence-electron chi connectivity index (χ0n) is 23.4. The van der Waals surface area contributed by atoms with Crippen molar-refractivity contribution in [3.8, 4) is 5.75 Å². The van der Waals surface area contributed by atoms with Gasteiger partial charge in [0.05, 0.1) is 19.2 Å². The Bertz CT molecular complexity index is 1520. The molecule has 0 saturated heterocycles. The maximum absolute atomic E-state index is 14.7. The predicted molar refractivity (Wildman–Crippen MR) is 157 cm³/mol. The molecule has 6 rings (SSSR count). The van der Waals surface area contributed by atoms with Crippen molar-refractivity contribution >= 4 is 22.7 Å². The Hall–Kier alpha value is -4.06. The van der Waals surface area contributed by atoms with E-state index in [1.54, 1.807) is 7.11 Å². The summed E-state index contributed by atoms with van der Waals surface area (Å²) in [5.74, 6) is 0.458. The highest BCUT2D eigenvalue weighted by molar-refractivity contribution is 6.04. The predicted octanol–water partition coefficient (Wildman–Crippen LogP) is 6.35. The average Bonchev–Trinajstić information content (AvgIpc) is 3.14. The van der Waals surface area contributed by atoms with Gasteiger partial charge in [-0.25, -0.2) is 0 Å². The average molecular weight is 536 g/mol. The zero-order chi connectivity index (χ0) is 27.7. The molecule has 6 nitrogen and oxygen atoms in total. The molecule has 1 aliphatic heterocycles. The number of benzene rings is 3. The van der Waals surface area contributed by atoms with Gasteiger partial charge >= 0.3 is 0 Å². The van der Waals surface area contributed by atoms with Crippen molar-refractivity contribution in [2.24, 2.45) is 0 Å². The van der Waals surface area contributed by atoms with Gasteiger partial charge in [0.2, 0.25) is 0 Å². The molecule has 0 radical (unpaired) electrons. The molecule has 1 saturated carbocycles. The molecule has 0 spiro atoms. The number of ether oxygens (including phenoxy) is 1. The number of carbonyl (C=O) groups excluding carboxylic acids is 2. The molecule has 1 atom stereocenters. The summed E-state index contributed by atoms with van der Waals surface area (Å²) in [5, 5.41) is 4.39. The van der Waals surface area contributed by atoms with Crippen molar-refractivity contribution < 1.29 is 14.3 Å². The Morgan fingerprint density at radius 3 is 2.38 bits per heavy atom. The highest BCUT2D eigenvalue weighted by Crippen LogP contribution is 2.41. The van der Waals surface area contributed by atoms with Gasteiger partial charge in [0.25, 0.3) is 11.8 Å². The van der Waals surface area contributed by atoms with E-state index in [0.717, 1.165) is 59.0 Å². The van der Waals surface area contributed by atoms with E-state index in [-0.39, 0.29) is 17.9 Å². The monoisotopic (exact) mass is 535 g/mol. The second kappa shape index (κ2) is 10.8. The van der Waals surface area contributed by atoms with Crippen molar-refractivity contribution in [1.29, 1.82) is 0 Å². The standard InChI is InChI=1S/C34H37N3O3/c1-24-14-16-25(17-15-24)22-37-32(38)31-20-26-18-19-29(40-2)21-30(26)36(31)23-34(37,27-10-6-5-7-11-27)33(39)35-28-12-8-3-4-9-13-28/h5-7,10-11,14-21,28H,3-4,8-9,12-13,22-23H2,1-2H3,(H,35,39)/t34-/m1/s1. The molecule has 0 unspecified atom stereocenters. The number of hydrogen-bond donors (Lipinski definition) is 1. The van der Waals surface area contributed by atoms with Gasteiger partial charge in [-0.15, -0.1) is 0 Å². The maximum Gasteiger partial charge on any atom is 0.272 e. The fourth-order valence-electron chi connectivity index (χ4n) is 6.43. The van der Waals surface area contributed by atoms with Crippen LogP contribution in [0.15, 0.2) is 78.9 Å². The number of rotatable bonds is 6. The van der Waals surface area contributed by atoms with Crippen LogP contribution < -0.4 is 10.1 Å². The van der Waals surface area contributed by atoms with E-state index in [2.05, 4.69) is 36.5 Å². The first-order valence-electron chi connectivity index (χ1n) is 14.4. The van der Waals surface area contributed by atoms with Crippen LogP contribution in [0.3, 0.4) is 0 Å². The molecule has 40 heavy (non-hydrogen) atoms. The number of aryl methyl sites for hydroxylation is 1. The summed E-state index contributed by atoms with van der Waals surface area (Å²) in [4.78, 5) is 31.1. The fraction of sp³-hybridized carbons (Fsp3) is 0.353. The molecule has 2 aliphatic rings. The Balaban J connectivity index is 1.53. The van der Waals surface area contributed by atoms with Gasteiger partial charge in [0.1, 0.15) is 11.4 Å². The van der Waals surface area contributed by atoms with Gasteiger partial charge in [0.15, 0.2) is 5.54 Å². The number of carbonyl (C=O) groups is 2. The van der Waals surface area contributed by atoms with E-state index in [0.29, 0.717) is 18.8 Å².